The standard InChI is InChI=1S/C18H18O6/c1-18(2,3)16(22)11-8-13(20)15(21)14(9-11)24-17(23)10-5-4-6-12(19)7-10/h4-9,19-21H,1-3H3. The molecule has 0 unspecified atom stereocenters. The summed E-state index contributed by atoms with van der Waals surface area (Å²) >= 11 is 0. The molecular weight excluding hydrogens is 312 g/mol. The average Bonchev–Trinajstić information content (AvgIpc) is 2.49. The van der Waals surface area contributed by atoms with E-state index in [0.29, 0.717) is 0 Å². The number of benzene rings is 2. The van der Waals surface area contributed by atoms with Crippen molar-refractivity contribution in [3.63, 3.8) is 0 Å². The minimum atomic E-state index is -0.846. The van der Waals surface area contributed by atoms with Crippen molar-refractivity contribution in [3.8, 4) is 23.0 Å². The molecule has 6 heteroatoms. The topological polar surface area (TPSA) is 104 Å². The van der Waals surface area contributed by atoms with Crippen LogP contribution in [0.5, 0.6) is 23.0 Å². The van der Waals surface area contributed by atoms with Gasteiger partial charge in [0.25, 0.3) is 0 Å². The van der Waals surface area contributed by atoms with Gasteiger partial charge >= 0.3 is 5.97 Å². The van der Waals surface area contributed by atoms with E-state index >= 15 is 0 Å². The molecule has 3 N–H and O–H groups in total. The lowest BCUT2D eigenvalue weighted by Gasteiger charge is -2.18. The van der Waals surface area contributed by atoms with Crippen molar-refractivity contribution in [2.75, 3.05) is 0 Å². The maximum Gasteiger partial charge on any atom is 0.343 e. The Morgan fingerprint density at radius 1 is 0.958 bits per heavy atom. The first kappa shape index (κ1) is 17.3. The van der Waals surface area contributed by atoms with Crippen molar-refractivity contribution in [2.45, 2.75) is 20.8 Å². The Morgan fingerprint density at radius 3 is 2.21 bits per heavy atom. The molecule has 0 spiro atoms. The minimum absolute atomic E-state index is 0.0569. The molecule has 0 saturated heterocycles. The van der Waals surface area contributed by atoms with Crippen LogP contribution in [0.15, 0.2) is 36.4 Å². The van der Waals surface area contributed by atoms with Gasteiger partial charge in [-0.15, -0.1) is 0 Å². The molecule has 0 radical (unpaired) electrons. The number of esters is 1. The van der Waals surface area contributed by atoms with Crippen LogP contribution < -0.4 is 4.74 Å². The largest absolute Gasteiger partial charge is 0.508 e. The quantitative estimate of drug-likeness (QED) is 0.345. The summed E-state index contributed by atoms with van der Waals surface area (Å²) in [6, 6.07) is 7.79. The predicted octanol–water partition coefficient (Wildman–Crippen LogP) is 3.25. The third-order valence-electron chi connectivity index (χ3n) is 3.28. The predicted molar refractivity (Wildman–Crippen MR) is 86.6 cm³/mol. The molecule has 6 nitrogen and oxygen atoms in total. The zero-order chi connectivity index (χ0) is 18.1. The van der Waals surface area contributed by atoms with E-state index in [1.54, 1.807) is 20.8 Å². The molecule has 0 aliphatic carbocycles. The number of ether oxygens (including phenoxy) is 1. The first-order chi connectivity index (χ1) is 11.1. The highest BCUT2D eigenvalue weighted by Gasteiger charge is 2.26. The van der Waals surface area contributed by atoms with Gasteiger partial charge in [0, 0.05) is 11.0 Å². The first-order valence-corrected chi connectivity index (χ1v) is 7.21. The second-order valence-corrected chi connectivity index (χ2v) is 6.36. The average molecular weight is 330 g/mol. The van der Waals surface area contributed by atoms with Gasteiger partial charge in [0.1, 0.15) is 5.75 Å². The van der Waals surface area contributed by atoms with Crippen LogP contribution in [0.4, 0.5) is 0 Å². The highest BCUT2D eigenvalue weighted by molar-refractivity contribution is 6.01. The van der Waals surface area contributed by atoms with E-state index in [-0.39, 0.29) is 28.4 Å². The lowest BCUT2D eigenvalue weighted by Crippen LogP contribution is -2.20. The molecule has 0 bridgehead atoms. The van der Waals surface area contributed by atoms with Gasteiger partial charge in [-0.05, 0) is 30.3 Å². The van der Waals surface area contributed by atoms with Crippen molar-refractivity contribution >= 4 is 11.8 Å². The molecule has 126 valence electrons. The SMILES string of the molecule is CC(C)(C)C(=O)c1cc(O)c(O)c(OC(=O)c2cccc(O)c2)c1. The summed E-state index contributed by atoms with van der Waals surface area (Å²) < 4.78 is 5.06. The molecule has 0 aromatic heterocycles. The number of phenols is 3. The summed E-state index contributed by atoms with van der Waals surface area (Å²) in [6.07, 6.45) is 0. The number of Topliss-reactive ketones (excluding diaryl/α,β-unsaturated/α-hetero) is 1. The van der Waals surface area contributed by atoms with Gasteiger partial charge in [0.2, 0.25) is 5.75 Å². The second-order valence-electron chi connectivity index (χ2n) is 6.36. The van der Waals surface area contributed by atoms with E-state index in [4.69, 9.17) is 4.74 Å². The number of carbonyl (C=O) groups is 2. The zero-order valence-electron chi connectivity index (χ0n) is 13.5. The third kappa shape index (κ3) is 3.65. The normalized spacial score (nSPS) is 11.1. The number of carbonyl (C=O) groups excluding carboxylic acids is 2. The van der Waals surface area contributed by atoms with Crippen LogP contribution in [-0.4, -0.2) is 27.1 Å². The van der Waals surface area contributed by atoms with E-state index in [9.17, 15) is 24.9 Å². The number of rotatable bonds is 3. The highest BCUT2D eigenvalue weighted by Crippen LogP contribution is 2.38. The van der Waals surface area contributed by atoms with Crippen molar-refractivity contribution in [1.82, 2.24) is 0 Å². The molecule has 0 atom stereocenters. The number of phenolic OH excluding ortho intramolecular Hbond substituents is 3. The van der Waals surface area contributed by atoms with Crippen molar-refractivity contribution in [2.24, 2.45) is 5.41 Å². The molecule has 2 rings (SSSR count). The summed E-state index contributed by atoms with van der Waals surface area (Å²) in [7, 11) is 0. The van der Waals surface area contributed by atoms with E-state index in [1.807, 2.05) is 0 Å². The summed E-state index contributed by atoms with van der Waals surface area (Å²) in [5.74, 6) is -2.80. The smallest absolute Gasteiger partial charge is 0.343 e. The van der Waals surface area contributed by atoms with Crippen LogP contribution in [0.2, 0.25) is 0 Å². The lowest BCUT2D eigenvalue weighted by atomic mass is 9.86. The van der Waals surface area contributed by atoms with Gasteiger partial charge in [-0.25, -0.2) is 4.79 Å². The molecule has 0 saturated carbocycles. The van der Waals surface area contributed by atoms with E-state index in [2.05, 4.69) is 0 Å². The number of aromatic hydroxyl groups is 3. The van der Waals surface area contributed by atoms with Crippen LogP contribution in [0.25, 0.3) is 0 Å². The third-order valence-corrected chi connectivity index (χ3v) is 3.28. The summed E-state index contributed by atoms with van der Waals surface area (Å²) in [5, 5.41) is 29.1. The van der Waals surface area contributed by atoms with Crippen molar-refractivity contribution in [1.29, 1.82) is 0 Å². The van der Waals surface area contributed by atoms with Gasteiger partial charge in [-0.2, -0.15) is 0 Å². The minimum Gasteiger partial charge on any atom is -0.508 e. The Bertz CT molecular complexity index is 802. The van der Waals surface area contributed by atoms with E-state index in [1.165, 1.54) is 30.3 Å². The molecule has 2 aromatic carbocycles. The monoisotopic (exact) mass is 330 g/mol. The Hall–Kier alpha value is -3.02. The Labute approximate surface area is 138 Å². The molecule has 0 aliphatic heterocycles. The maximum absolute atomic E-state index is 12.3. The Balaban J connectivity index is 2.38. The van der Waals surface area contributed by atoms with Crippen LogP contribution in [-0.2, 0) is 0 Å². The van der Waals surface area contributed by atoms with E-state index < -0.39 is 22.9 Å². The zero-order valence-corrected chi connectivity index (χ0v) is 13.5. The fraction of sp³-hybridized carbons (Fsp3) is 0.222. The van der Waals surface area contributed by atoms with Crippen LogP contribution >= 0.6 is 0 Å². The first-order valence-electron chi connectivity index (χ1n) is 7.21. The number of ketones is 1. The number of hydrogen-bond donors (Lipinski definition) is 3. The van der Waals surface area contributed by atoms with E-state index in [0.717, 1.165) is 6.07 Å². The van der Waals surface area contributed by atoms with Crippen molar-refractivity contribution in [3.05, 3.63) is 47.5 Å². The molecule has 0 heterocycles. The fourth-order valence-corrected chi connectivity index (χ4v) is 2.03. The van der Waals surface area contributed by atoms with Crippen LogP contribution in [0.3, 0.4) is 0 Å². The van der Waals surface area contributed by atoms with Gasteiger partial charge < -0.3 is 20.1 Å². The number of hydrogen-bond acceptors (Lipinski definition) is 6. The Morgan fingerprint density at radius 2 is 1.62 bits per heavy atom. The van der Waals surface area contributed by atoms with Crippen LogP contribution in [0.1, 0.15) is 41.5 Å². The Kier molecular flexibility index (Phi) is 4.50. The van der Waals surface area contributed by atoms with Gasteiger partial charge in [-0.1, -0.05) is 26.8 Å². The van der Waals surface area contributed by atoms with Gasteiger partial charge in [0.05, 0.1) is 5.56 Å². The lowest BCUT2D eigenvalue weighted by molar-refractivity contribution is 0.0726. The molecule has 0 amide bonds. The highest BCUT2D eigenvalue weighted by atomic mass is 16.5. The van der Waals surface area contributed by atoms with Crippen LogP contribution in [0, 0.1) is 5.41 Å². The maximum atomic E-state index is 12.3. The molecule has 0 aliphatic rings. The summed E-state index contributed by atoms with van der Waals surface area (Å²) in [5.41, 5.74) is -0.548. The summed E-state index contributed by atoms with van der Waals surface area (Å²) in [6.45, 7) is 5.12. The van der Waals surface area contributed by atoms with Gasteiger partial charge in [0.15, 0.2) is 17.3 Å². The molecular formula is C18H18O6. The molecule has 0 fully saturated rings. The molecule has 2 aromatic rings. The molecule has 24 heavy (non-hydrogen) atoms. The van der Waals surface area contributed by atoms with Crippen molar-refractivity contribution < 1.29 is 29.6 Å². The van der Waals surface area contributed by atoms with Gasteiger partial charge in [-0.3, -0.25) is 4.79 Å². The fourth-order valence-electron chi connectivity index (χ4n) is 2.03. The summed E-state index contributed by atoms with van der Waals surface area (Å²) in [4.78, 5) is 24.4. The second kappa shape index (κ2) is 6.23.